The average molecular weight is 626 g/mol. The average Bonchev–Trinajstić information content (AvgIpc) is 3.66. The maximum absolute atomic E-state index is 5.12. The maximum Gasteiger partial charge on any atom is 0.160 e. The molecule has 2 aromatic heterocycles. The van der Waals surface area contributed by atoms with Gasteiger partial charge in [0.05, 0.1) is 16.8 Å². The number of rotatable bonds is 4. The molecule has 3 heteroatoms. The zero-order chi connectivity index (χ0) is 32.4. The van der Waals surface area contributed by atoms with Crippen LogP contribution in [0.5, 0.6) is 0 Å². The van der Waals surface area contributed by atoms with E-state index in [1.54, 1.807) is 0 Å². The van der Waals surface area contributed by atoms with E-state index in [2.05, 4.69) is 139 Å². The summed E-state index contributed by atoms with van der Waals surface area (Å²) in [4.78, 5) is 14.7. The fraction of sp³-hybridized carbons (Fsp3) is 0.0652. The molecule has 3 nitrogen and oxygen atoms in total. The number of hydrogen-bond acceptors (Lipinski definition) is 3. The number of aromatic nitrogens is 3. The number of nitrogens with zero attached hydrogens (tertiary/aromatic N) is 3. The van der Waals surface area contributed by atoms with Crippen molar-refractivity contribution in [1.82, 2.24) is 15.0 Å². The van der Waals surface area contributed by atoms with Gasteiger partial charge in [-0.25, -0.2) is 9.97 Å². The van der Waals surface area contributed by atoms with Crippen LogP contribution in [0.3, 0.4) is 0 Å². The van der Waals surface area contributed by atoms with Gasteiger partial charge in [-0.2, -0.15) is 0 Å². The standard InChI is InChI=1S/C46H31N3/c1-3-12-30(13-4-1)43-28-44(49-45(48-43)31-14-5-2-6-15-31)34-17-11-16-32(26-34)33-22-23-37-38-29-47-25-24-41(38)46(42(37)27-33)39-20-9-7-18-35(39)36-19-8-10-21-40(36)46/h1-9,11-20,22-29H,10,21H2. The summed E-state index contributed by atoms with van der Waals surface area (Å²) in [6.07, 6.45) is 10.8. The van der Waals surface area contributed by atoms with Gasteiger partial charge in [-0.05, 0) is 87.2 Å². The van der Waals surface area contributed by atoms with Crippen LogP contribution in [0.2, 0.25) is 0 Å². The molecule has 3 aliphatic rings. The molecule has 230 valence electrons. The van der Waals surface area contributed by atoms with E-state index < -0.39 is 0 Å². The SMILES string of the molecule is C1=CC2=C(CC1)C1(c3ccccc32)c2ccncc2-c2ccc(-c3cccc(-c4cc(-c5ccccc5)nc(-c5ccccc5)n4)c3)cc21. The van der Waals surface area contributed by atoms with E-state index >= 15 is 0 Å². The van der Waals surface area contributed by atoms with E-state index in [1.807, 2.05) is 30.5 Å². The van der Waals surface area contributed by atoms with Gasteiger partial charge in [-0.15, -0.1) is 0 Å². The molecule has 3 aliphatic carbocycles. The van der Waals surface area contributed by atoms with Crippen molar-refractivity contribution in [2.24, 2.45) is 0 Å². The third-order valence-electron chi connectivity index (χ3n) is 10.5. The predicted octanol–water partition coefficient (Wildman–Crippen LogP) is 11.0. The van der Waals surface area contributed by atoms with Gasteiger partial charge >= 0.3 is 0 Å². The fourth-order valence-electron chi connectivity index (χ4n) is 8.41. The number of hydrogen-bond donors (Lipinski definition) is 0. The van der Waals surface area contributed by atoms with Gasteiger partial charge in [0, 0.05) is 34.6 Å². The van der Waals surface area contributed by atoms with Crippen molar-refractivity contribution >= 4 is 5.57 Å². The van der Waals surface area contributed by atoms with Crippen molar-refractivity contribution in [2.75, 3.05) is 0 Å². The maximum atomic E-state index is 5.12. The van der Waals surface area contributed by atoms with Crippen LogP contribution in [-0.4, -0.2) is 15.0 Å². The van der Waals surface area contributed by atoms with Crippen molar-refractivity contribution in [2.45, 2.75) is 18.3 Å². The zero-order valence-corrected chi connectivity index (χ0v) is 26.8. The van der Waals surface area contributed by atoms with Gasteiger partial charge in [-0.3, -0.25) is 4.98 Å². The van der Waals surface area contributed by atoms with Gasteiger partial charge in [0.15, 0.2) is 5.82 Å². The van der Waals surface area contributed by atoms with Crippen molar-refractivity contribution in [3.63, 3.8) is 0 Å². The van der Waals surface area contributed by atoms with E-state index in [4.69, 9.17) is 9.97 Å². The van der Waals surface area contributed by atoms with Crippen molar-refractivity contribution in [3.05, 3.63) is 192 Å². The molecule has 7 aromatic rings. The molecule has 0 aliphatic heterocycles. The largest absolute Gasteiger partial charge is 0.264 e. The second-order valence-corrected chi connectivity index (χ2v) is 13.1. The molecule has 49 heavy (non-hydrogen) atoms. The molecule has 1 spiro atoms. The summed E-state index contributed by atoms with van der Waals surface area (Å²) >= 11 is 0. The highest BCUT2D eigenvalue weighted by Crippen LogP contribution is 2.63. The fourth-order valence-corrected chi connectivity index (χ4v) is 8.41. The summed E-state index contributed by atoms with van der Waals surface area (Å²) in [5, 5.41) is 0. The quantitative estimate of drug-likeness (QED) is 0.195. The molecule has 0 N–H and O–H groups in total. The first-order valence-electron chi connectivity index (χ1n) is 17.0. The Bertz CT molecular complexity index is 2440. The van der Waals surface area contributed by atoms with Crippen molar-refractivity contribution in [3.8, 4) is 56.2 Å². The van der Waals surface area contributed by atoms with E-state index in [0.29, 0.717) is 0 Å². The Labute approximate surface area is 286 Å². The van der Waals surface area contributed by atoms with Crippen LogP contribution in [0, 0.1) is 0 Å². The van der Waals surface area contributed by atoms with Gasteiger partial charge in [0.2, 0.25) is 0 Å². The van der Waals surface area contributed by atoms with Gasteiger partial charge in [-0.1, -0.05) is 127 Å². The Kier molecular flexibility index (Phi) is 6.22. The first kappa shape index (κ1) is 27.9. The summed E-state index contributed by atoms with van der Waals surface area (Å²) in [5.74, 6) is 0.721. The number of fused-ring (bicyclic) bond motifs is 9. The van der Waals surface area contributed by atoms with Crippen LogP contribution in [0.4, 0.5) is 0 Å². The van der Waals surface area contributed by atoms with E-state index in [0.717, 1.165) is 52.3 Å². The van der Waals surface area contributed by atoms with Crippen molar-refractivity contribution in [1.29, 1.82) is 0 Å². The lowest BCUT2D eigenvalue weighted by atomic mass is 9.68. The van der Waals surface area contributed by atoms with Crippen LogP contribution < -0.4 is 0 Å². The molecular formula is C46H31N3. The third-order valence-corrected chi connectivity index (χ3v) is 10.5. The third kappa shape index (κ3) is 4.19. The molecule has 0 saturated carbocycles. The number of pyridine rings is 1. The molecule has 1 unspecified atom stereocenters. The first-order chi connectivity index (χ1) is 24.3. The molecule has 1 atom stereocenters. The lowest BCUT2D eigenvalue weighted by Gasteiger charge is -2.33. The topological polar surface area (TPSA) is 38.7 Å². The van der Waals surface area contributed by atoms with E-state index in [9.17, 15) is 0 Å². The zero-order valence-electron chi connectivity index (χ0n) is 26.8. The Hall–Kier alpha value is -6.19. The van der Waals surface area contributed by atoms with E-state index in [-0.39, 0.29) is 5.41 Å². The highest BCUT2D eigenvalue weighted by molar-refractivity contribution is 5.97. The summed E-state index contributed by atoms with van der Waals surface area (Å²) in [6, 6.07) is 49.8. The Morgan fingerprint density at radius 1 is 0.490 bits per heavy atom. The lowest BCUT2D eigenvalue weighted by molar-refractivity contribution is 0.713. The van der Waals surface area contributed by atoms with Gasteiger partial charge < -0.3 is 0 Å². The summed E-state index contributed by atoms with van der Waals surface area (Å²) in [5.41, 5.74) is 17.8. The van der Waals surface area contributed by atoms with Crippen LogP contribution >= 0.6 is 0 Å². The van der Waals surface area contributed by atoms with Crippen LogP contribution in [0.1, 0.15) is 35.1 Å². The predicted molar refractivity (Wildman–Crippen MR) is 199 cm³/mol. The minimum absolute atomic E-state index is 0.320. The molecule has 5 aromatic carbocycles. The van der Waals surface area contributed by atoms with Crippen LogP contribution in [-0.2, 0) is 5.41 Å². The monoisotopic (exact) mass is 625 g/mol. The Balaban J connectivity index is 1.15. The molecule has 0 radical (unpaired) electrons. The Morgan fingerprint density at radius 2 is 1.18 bits per heavy atom. The summed E-state index contributed by atoms with van der Waals surface area (Å²) in [7, 11) is 0. The minimum Gasteiger partial charge on any atom is -0.264 e. The van der Waals surface area contributed by atoms with E-state index in [1.165, 1.54) is 50.1 Å². The molecule has 0 saturated heterocycles. The highest BCUT2D eigenvalue weighted by Gasteiger charge is 2.52. The smallest absolute Gasteiger partial charge is 0.160 e. The highest BCUT2D eigenvalue weighted by atomic mass is 14.9. The summed E-state index contributed by atoms with van der Waals surface area (Å²) in [6.45, 7) is 0. The second-order valence-electron chi connectivity index (χ2n) is 13.1. The molecule has 2 heterocycles. The Morgan fingerprint density at radius 3 is 2.04 bits per heavy atom. The van der Waals surface area contributed by atoms with Crippen LogP contribution in [0.25, 0.3) is 61.7 Å². The second kappa shape index (κ2) is 10.9. The molecule has 0 bridgehead atoms. The lowest BCUT2D eigenvalue weighted by Crippen LogP contribution is -2.27. The minimum atomic E-state index is -0.320. The number of allylic oxidation sites excluding steroid dienone is 4. The van der Waals surface area contributed by atoms with Crippen LogP contribution in [0.15, 0.2) is 170 Å². The molecule has 0 fully saturated rings. The normalized spacial score (nSPS) is 16.7. The van der Waals surface area contributed by atoms with Gasteiger partial charge in [0.25, 0.3) is 0 Å². The first-order valence-corrected chi connectivity index (χ1v) is 17.0. The molecule has 10 rings (SSSR count). The van der Waals surface area contributed by atoms with Gasteiger partial charge in [0.1, 0.15) is 0 Å². The van der Waals surface area contributed by atoms with Crippen molar-refractivity contribution < 1.29 is 0 Å². The summed E-state index contributed by atoms with van der Waals surface area (Å²) < 4.78 is 0. The molecular weight excluding hydrogens is 595 g/mol. The number of benzene rings is 5. The molecule has 0 amide bonds.